The second kappa shape index (κ2) is 8.00. The maximum Gasteiger partial charge on any atom is 0.407 e. The molecule has 0 atom stereocenters. The SMILES string of the molecule is COC(=O)NCc1cc(-c2cn(-c3c(F)cc([N+](=O)[O-])cc3F)nn2)ccc1C. The number of nitrogens with one attached hydrogen (secondary N) is 1. The Morgan fingerprint density at radius 1 is 1.28 bits per heavy atom. The third-order valence-corrected chi connectivity index (χ3v) is 4.19. The molecule has 1 heterocycles. The number of hydrogen-bond acceptors (Lipinski definition) is 6. The average Bonchev–Trinajstić information content (AvgIpc) is 3.16. The highest BCUT2D eigenvalue weighted by molar-refractivity contribution is 5.67. The number of methoxy groups -OCH3 is 1. The number of aryl methyl sites for hydroxylation is 1. The molecule has 0 aliphatic carbocycles. The van der Waals surface area contributed by atoms with Crippen LogP contribution in [0.2, 0.25) is 0 Å². The summed E-state index contributed by atoms with van der Waals surface area (Å²) in [7, 11) is 1.26. The molecule has 2 aromatic carbocycles. The van der Waals surface area contributed by atoms with E-state index in [0.29, 0.717) is 23.4 Å². The topological polar surface area (TPSA) is 112 Å². The Labute approximate surface area is 163 Å². The van der Waals surface area contributed by atoms with Gasteiger partial charge in [0.15, 0.2) is 11.6 Å². The normalized spacial score (nSPS) is 10.6. The van der Waals surface area contributed by atoms with E-state index in [-0.39, 0.29) is 6.54 Å². The van der Waals surface area contributed by atoms with Gasteiger partial charge in [0.25, 0.3) is 5.69 Å². The molecule has 150 valence electrons. The van der Waals surface area contributed by atoms with Gasteiger partial charge in [-0.15, -0.1) is 5.10 Å². The van der Waals surface area contributed by atoms with Crippen molar-refractivity contribution in [3.63, 3.8) is 0 Å². The van der Waals surface area contributed by atoms with Crippen LogP contribution < -0.4 is 5.32 Å². The molecule has 0 saturated heterocycles. The molecule has 11 heteroatoms. The second-order valence-corrected chi connectivity index (χ2v) is 6.05. The van der Waals surface area contributed by atoms with Crippen molar-refractivity contribution in [3.8, 4) is 16.9 Å². The Morgan fingerprint density at radius 3 is 2.59 bits per heavy atom. The van der Waals surface area contributed by atoms with E-state index in [9.17, 15) is 23.7 Å². The van der Waals surface area contributed by atoms with Crippen LogP contribution in [-0.4, -0.2) is 33.1 Å². The predicted octanol–water partition coefficient (Wildman–Crippen LogP) is 3.29. The van der Waals surface area contributed by atoms with Crippen molar-refractivity contribution >= 4 is 11.8 Å². The molecule has 0 aliphatic rings. The molecule has 9 nitrogen and oxygen atoms in total. The van der Waals surface area contributed by atoms with E-state index in [1.807, 2.05) is 6.92 Å². The number of alkyl carbamates (subject to hydrolysis) is 1. The van der Waals surface area contributed by atoms with E-state index < -0.39 is 34.0 Å². The number of nitro groups is 1. The van der Waals surface area contributed by atoms with Crippen LogP contribution >= 0.6 is 0 Å². The predicted molar refractivity (Wildman–Crippen MR) is 97.3 cm³/mol. The zero-order valence-electron chi connectivity index (χ0n) is 15.3. The van der Waals surface area contributed by atoms with Crippen LogP contribution in [0, 0.1) is 28.7 Å². The van der Waals surface area contributed by atoms with Gasteiger partial charge >= 0.3 is 6.09 Å². The lowest BCUT2D eigenvalue weighted by Gasteiger charge is -2.08. The Hall–Kier alpha value is -3.89. The third kappa shape index (κ3) is 4.18. The Morgan fingerprint density at radius 2 is 1.97 bits per heavy atom. The van der Waals surface area contributed by atoms with Crippen molar-refractivity contribution in [2.75, 3.05) is 7.11 Å². The van der Waals surface area contributed by atoms with Gasteiger partial charge in [-0.05, 0) is 24.1 Å². The third-order valence-electron chi connectivity index (χ3n) is 4.19. The minimum absolute atomic E-state index is 0.214. The van der Waals surface area contributed by atoms with Crippen molar-refractivity contribution in [2.45, 2.75) is 13.5 Å². The summed E-state index contributed by atoms with van der Waals surface area (Å²) in [5.41, 5.74) is 1.34. The summed E-state index contributed by atoms with van der Waals surface area (Å²) in [4.78, 5) is 21.1. The monoisotopic (exact) mass is 403 g/mol. The first-order valence-corrected chi connectivity index (χ1v) is 8.28. The van der Waals surface area contributed by atoms with Gasteiger partial charge in [-0.25, -0.2) is 18.3 Å². The summed E-state index contributed by atoms with van der Waals surface area (Å²) in [5.74, 6) is -2.28. The second-order valence-electron chi connectivity index (χ2n) is 6.05. The fraction of sp³-hybridized carbons (Fsp3) is 0.167. The van der Waals surface area contributed by atoms with Gasteiger partial charge in [0.2, 0.25) is 0 Å². The van der Waals surface area contributed by atoms with Gasteiger partial charge in [0.05, 0.1) is 30.4 Å². The lowest BCUT2D eigenvalue weighted by Crippen LogP contribution is -2.22. The first kappa shape index (κ1) is 19.9. The highest BCUT2D eigenvalue weighted by Gasteiger charge is 2.20. The van der Waals surface area contributed by atoms with E-state index in [1.54, 1.807) is 18.2 Å². The summed E-state index contributed by atoms with van der Waals surface area (Å²) < 4.78 is 33.8. The number of carbonyl (C=O) groups excluding carboxylic acids is 1. The van der Waals surface area contributed by atoms with Crippen LogP contribution in [0.15, 0.2) is 36.5 Å². The largest absolute Gasteiger partial charge is 0.453 e. The van der Waals surface area contributed by atoms with Crippen LogP contribution in [0.3, 0.4) is 0 Å². The molecule has 3 rings (SSSR count). The van der Waals surface area contributed by atoms with Crippen LogP contribution in [0.4, 0.5) is 19.3 Å². The number of amides is 1. The van der Waals surface area contributed by atoms with E-state index in [1.165, 1.54) is 13.3 Å². The molecule has 0 radical (unpaired) electrons. The number of rotatable bonds is 5. The quantitative estimate of drug-likeness (QED) is 0.517. The lowest BCUT2D eigenvalue weighted by molar-refractivity contribution is -0.385. The average molecular weight is 403 g/mol. The zero-order chi connectivity index (χ0) is 21.1. The van der Waals surface area contributed by atoms with E-state index in [4.69, 9.17) is 0 Å². The number of aromatic nitrogens is 3. The van der Waals surface area contributed by atoms with E-state index in [2.05, 4.69) is 20.4 Å². The summed E-state index contributed by atoms with van der Waals surface area (Å²) >= 11 is 0. The Kier molecular flexibility index (Phi) is 5.48. The lowest BCUT2D eigenvalue weighted by atomic mass is 10.0. The molecule has 1 N–H and O–H groups in total. The number of nitro benzene ring substituents is 1. The number of halogens is 2. The van der Waals surface area contributed by atoms with Gasteiger partial charge in [0, 0.05) is 12.1 Å². The minimum Gasteiger partial charge on any atom is -0.453 e. The molecule has 29 heavy (non-hydrogen) atoms. The highest BCUT2D eigenvalue weighted by atomic mass is 19.1. The summed E-state index contributed by atoms with van der Waals surface area (Å²) in [5, 5.41) is 20.9. The van der Waals surface area contributed by atoms with Gasteiger partial charge in [-0.2, -0.15) is 0 Å². The standard InChI is InChI=1S/C18H15F2N5O4/c1-10-3-4-11(5-12(10)8-21-18(26)29-2)16-9-24(23-22-16)17-14(19)6-13(25(27)28)7-15(17)20/h3-7,9H,8H2,1-2H3,(H,21,26). The van der Waals surface area contributed by atoms with Crippen LogP contribution in [0.5, 0.6) is 0 Å². The highest BCUT2D eigenvalue weighted by Crippen LogP contribution is 2.26. The summed E-state index contributed by atoms with van der Waals surface area (Å²) in [6.45, 7) is 2.07. The van der Waals surface area contributed by atoms with Crippen LogP contribution in [0.25, 0.3) is 16.9 Å². The maximum atomic E-state index is 14.2. The van der Waals surface area contributed by atoms with Crippen molar-refractivity contribution in [2.24, 2.45) is 0 Å². The molecule has 0 saturated carbocycles. The molecule has 0 fully saturated rings. The van der Waals surface area contributed by atoms with Crippen LogP contribution in [-0.2, 0) is 11.3 Å². The number of carbonyl (C=O) groups is 1. The molecule has 1 aromatic heterocycles. The number of benzene rings is 2. The first-order valence-electron chi connectivity index (χ1n) is 8.28. The van der Waals surface area contributed by atoms with Crippen molar-refractivity contribution < 1.29 is 23.2 Å². The molecule has 0 aliphatic heterocycles. The summed E-state index contributed by atoms with van der Waals surface area (Å²) in [6.07, 6.45) is 0.722. The summed E-state index contributed by atoms with van der Waals surface area (Å²) in [6, 6.07) is 6.52. The van der Waals surface area contributed by atoms with Crippen molar-refractivity contribution in [1.29, 1.82) is 0 Å². The maximum absolute atomic E-state index is 14.2. The van der Waals surface area contributed by atoms with Crippen molar-refractivity contribution in [1.82, 2.24) is 20.3 Å². The molecule has 0 spiro atoms. The molecular formula is C18H15F2N5O4. The molecule has 0 unspecified atom stereocenters. The van der Waals surface area contributed by atoms with E-state index in [0.717, 1.165) is 15.8 Å². The number of nitrogens with zero attached hydrogens (tertiary/aromatic N) is 4. The number of non-ortho nitro benzene ring substituents is 1. The molecule has 0 bridgehead atoms. The Balaban J connectivity index is 1.93. The zero-order valence-corrected chi connectivity index (χ0v) is 15.3. The molecule has 1 amide bonds. The van der Waals surface area contributed by atoms with Gasteiger partial charge < -0.3 is 10.1 Å². The van der Waals surface area contributed by atoms with Gasteiger partial charge in [0.1, 0.15) is 11.4 Å². The fourth-order valence-electron chi connectivity index (χ4n) is 2.64. The number of ether oxygens (including phenoxy) is 1. The number of hydrogen-bond donors (Lipinski definition) is 1. The van der Waals surface area contributed by atoms with Crippen LogP contribution in [0.1, 0.15) is 11.1 Å². The van der Waals surface area contributed by atoms with Gasteiger partial charge in [-0.1, -0.05) is 17.3 Å². The van der Waals surface area contributed by atoms with Crippen molar-refractivity contribution in [3.05, 3.63) is 69.4 Å². The molecule has 3 aromatic rings. The Bertz CT molecular complexity index is 1080. The van der Waals surface area contributed by atoms with E-state index >= 15 is 0 Å². The smallest absolute Gasteiger partial charge is 0.407 e. The molecular weight excluding hydrogens is 388 g/mol. The fourth-order valence-corrected chi connectivity index (χ4v) is 2.64. The van der Waals surface area contributed by atoms with Gasteiger partial charge in [-0.3, -0.25) is 10.1 Å². The first-order chi connectivity index (χ1) is 13.8. The minimum atomic E-state index is -1.14.